The number of aromatic hydroxyl groups is 1. The SMILES string of the molecule is O=C(NC(c1ccc2ccccc2c1)c1c(O)ccc2ccccc12)c1ccccc1. The topological polar surface area (TPSA) is 49.3 Å². The summed E-state index contributed by atoms with van der Waals surface area (Å²) in [4.78, 5) is 13.1. The molecule has 0 heterocycles. The Morgan fingerprint density at radius 3 is 2.13 bits per heavy atom. The van der Waals surface area contributed by atoms with Gasteiger partial charge in [0, 0.05) is 11.1 Å². The summed E-state index contributed by atoms with van der Waals surface area (Å²) in [5.74, 6) is -0.0312. The van der Waals surface area contributed by atoms with Crippen LogP contribution in [0.3, 0.4) is 0 Å². The number of phenols is 1. The van der Waals surface area contributed by atoms with Gasteiger partial charge in [-0.2, -0.15) is 0 Å². The van der Waals surface area contributed by atoms with Crippen molar-refractivity contribution in [1.82, 2.24) is 5.32 Å². The van der Waals surface area contributed by atoms with Crippen LogP contribution < -0.4 is 5.32 Å². The highest BCUT2D eigenvalue weighted by molar-refractivity contribution is 5.96. The fraction of sp³-hybridized carbons (Fsp3) is 0.0357. The highest BCUT2D eigenvalue weighted by Crippen LogP contribution is 2.36. The average molecular weight is 403 g/mol. The average Bonchev–Trinajstić information content (AvgIpc) is 2.83. The lowest BCUT2D eigenvalue weighted by Crippen LogP contribution is -2.29. The number of rotatable bonds is 4. The van der Waals surface area contributed by atoms with Crippen LogP contribution in [0, 0.1) is 0 Å². The number of amides is 1. The summed E-state index contributed by atoms with van der Waals surface area (Å²) >= 11 is 0. The Labute approximate surface area is 180 Å². The minimum Gasteiger partial charge on any atom is -0.508 e. The van der Waals surface area contributed by atoms with Gasteiger partial charge >= 0.3 is 0 Å². The number of benzene rings is 5. The number of hydrogen-bond donors (Lipinski definition) is 2. The number of phenolic OH excluding ortho intramolecular Hbond substituents is 1. The number of fused-ring (bicyclic) bond motifs is 2. The van der Waals surface area contributed by atoms with Crippen molar-refractivity contribution < 1.29 is 9.90 Å². The molecule has 150 valence electrons. The molecule has 0 saturated heterocycles. The fourth-order valence-electron chi connectivity index (χ4n) is 4.10. The van der Waals surface area contributed by atoms with Crippen LogP contribution in [0.4, 0.5) is 0 Å². The summed E-state index contributed by atoms with van der Waals surface area (Å²) in [6.45, 7) is 0. The molecule has 0 aliphatic heterocycles. The van der Waals surface area contributed by atoms with Crippen LogP contribution in [0.5, 0.6) is 5.75 Å². The molecule has 0 fully saturated rings. The second-order valence-corrected chi connectivity index (χ2v) is 7.60. The zero-order valence-electron chi connectivity index (χ0n) is 16.8. The zero-order valence-corrected chi connectivity index (χ0v) is 16.8. The van der Waals surface area contributed by atoms with E-state index in [-0.39, 0.29) is 11.7 Å². The van der Waals surface area contributed by atoms with Gasteiger partial charge < -0.3 is 10.4 Å². The first-order valence-corrected chi connectivity index (χ1v) is 10.3. The molecule has 0 aliphatic carbocycles. The minimum absolute atomic E-state index is 0.158. The quantitative estimate of drug-likeness (QED) is 0.374. The number of carbonyl (C=O) groups is 1. The fourth-order valence-corrected chi connectivity index (χ4v) is 4.10. The van der Waals surface area contributed by atoms with E-state index in [2.05, 4.69) is 29.6 Å². The third kappa shape index (κ3) is 3.62. The van der Waals surface area contributed by atoms with E-state index < -0.39 is 6.04 Å². The minimum atomic E-state index is -0.511. The van der Waals surface area contributed by atoms with Gasteiger partial charge in [-0.25, -0.2) is 0 Å². The van der Waals surface area contributed by atoms with Crippen molar-refractivity contribution in [3.63, 3.8) is 0 Å². The van der Waals surface area contributed by atoms with E-state index in [0.717, 1.165) is 27.1 Å². The molecule has 0 bridgehead atoms. The van der Waals surface area contributed by atoms with Crippen molar-refractivity contribution >= 4 is 27.5 Å². The standard InChI is InChI=1S/C28H21NO2/c30-25-17-16-20-9-6-7-13-24(20)26(25)27(29-28(31)21-10-2-1-3-11-21)23-15-14-19-8-4-5-12-22(19)18-23/h1-18,27,30H,(H,29,31). The van der Waals surface area contributed by atoms with E-state index >= 15 is 0 Å². The molecule has 3 nitrogen and oxygen atoms in total. The number of hydrogen-bond acceptors (Lipinski definition) is 2. The van der Waals surface area contributed by atoms with E-state index in [1.807, 2.05) is 66.7 Å². The maximum absolute atomic E-state index is 13.1. The van der Waals surface area contributed by atoms with Crippen molar-refractivity contribution in [3.05, 3.63) is 126 Å². The molecule has 5 aromatic carbocycles. The van der Waals surface area contributed by atoms with Crippen molar-refractivity contribution in [2.45, 2.75) is 6.04 Å². The van der Waals surface area contributed by atoms with Gasteiger partial charge in [0.15, 0.2) is 0 Å². The van der Waals surface area contributed by atoms with Crippen molar-refractivity contribution in [3.8, 4) is 5.75 Å². The predicted octanol–water partition coefficient (Wildman–Crippen LogP) is 6.22. The van der Waals surface area contributed by atoms with Crippen molar-refractivity contribution in [2.24, 2.45) is 0 Å². The summed E-state index contributed by atoms with van der Waals surface area (Å²) in [5, 5.41) is 18.2. The van der Waals surface area contributed by atoms with Crippen molar-refractivity contribution in [1.29, 1.82) is 0 Å². The van der Waals surface area contributed by atoms with E-state index in [4.69, 9.17) is 0 Å². The molecule has 0 spiro atoms. The highest BCUT2D eigenvalue weighted by atomic mass is 16.3. The lowest BCUT2D eigenvalue weighted by atomic mass is 9.91. The summed E-state index contributed by atoms with van der Waals surface area (Å²) in [7, 11) is 0. The summed E-state index contributed by atoms with van der Waals surface area (Å²) in [6.07, 6.45) is 0. The monoisotopic (exact) mass is 403 g/mol. The van der Waals surface area contributed by atoms with Crippen LogP contribution >= 0.6 is 0 Å². The maximum atomic E-state index is 13.1. The van der Waals surface area contributed by atoms with E-state index in [1.54, 1.807) is 18.2 Å². The van der Waals surface area contributed by atoms with Gasteiger partial charge in [-0.05, 0) is 51.4 Å². The Bertz CT molecular complexity index is 1390. The largest absolute Gasteiger partial charge is 0.508 e. The molecule has 31 heavy (non-hydrogen) atoms. The van der Waals surface area contributed by atoms with Crippen molar-refractivity contribution in [2.75, 3.05) is 0 Å². The third-order valence-electron chi connectivity index (χ3n) is 5.65. The Kier molecular flexibility index (Phi) is 4.85. The molecule has 0 saturated carbocycles. The molecule has 3 heteroatoms. The van der Waals surface area contributed by atoms with Crippen LogP contribution in [-0.4, -0.2) is 11.0 Å². The molecule has 0 aliphatic rings. The molecular weight excluding hydrogens is 382 g/mol. The van der Waals surface area contributed by atoms with Gasteiger partial charge in [0.1, 0.15) is 5.75 Å². The molecular formula is C28H21NO2. The second kappa shape index (κ2) is 7.96. The Hall–Kier alpha value is -4.11. The normalized spacial score (nSPS) is 12.0. The molecule has 5 rings (SSSR count). The molecule has 0 aromatic heterocycles. The second-order valence-electron chi connectivity index (χ2n) is 7.60. The Balaban J connectivity index is 1.69. The lowest BCUT2D eigenvalue weighted by Gasteiger charge is -2.23. The molecule has 5 aromatic rings. The third-order valence-corrected chi connectivity index (χ3v) is 5.65. The molecule has 0 radical (unpaired) electrons. The van der Waals surface area contributed by atoms with E-state index in [0.29, 0.717) is 11.1 Å². The molecule has 1 unspecified atom stereocenters. The zero-order chi connectivity index (χ0) is 21.2. The number of nitrogens with one attached hydrogen (secondary N) is 1. The van der Waals surface area contributed by atoms with Gasteiger partial charge in [-0.1, -0.05) is 84.9 Å². The maximum Gasteiger partial charge on any atom is 0.252 e. The first kappa shape index (κ1) is 18.9. The number of carbonyl (C=O) groups excluding carboxylic acids is 1. The molecule has 1 atom stereocenters. The summed E-state index contributed by atoms with van der Waals surface area (Å²) in [5.41, 5.74) is 2.18. The Morgan fingerprint density at radius 2 is 1.32 bits per heavy atom. The summed E-state index contributed by atoms with van der Waals surface area (Å²) in [6, 6.07) is 34.4. The van der Waals surface area contributed by atoms with Gasteiger partial charge in [-0.15, -0.1) is 0 Å². The van der Waals surface area contributed by atoms with Crippen LogP contribution in [0.2, 0.25) is 0 Å². The van der Waals surface area contributed by atoms with E-state index in [9.17, 15) is 9.90 Å². The van der Waals surface area contributed by atoms with Gasteiger partial charge in [0.2, 0.25) is 0 Å². The smallest absolute Gasteiger partial charge is 0.252 e. The first-order valence-electron chi connectivity index (χ1n) is 10.3. The van der Waals surface area contributed by atoms with Gasteiger partial charge in [0.05, 0.1) is 6.04 Å². The highest BCUT2D eigenvalue weighted by Gasteiger charge is 2.23. The Morgan fingerprint density at radius 1 is 0.677 bits per heavy atom. The van der Waals surface area contributed by atoms with Gasteiger partial charge in [0.25, 0.3) is 5.91 Å². The lowest BCUT2D eigenvalue weighted by molar-refractivity contribution is 0.0943. The van der Waals surface area contributed by atoms with Crippen LogP contribution in [0.15, 0.2) is 109 Å². The van der Waals surface area contributed by atoms with Crippen LogP contribution in [-0.2, 0) is 0 Å². The molecule has 2 N–H and O–H groups in total. The van der Waals surface area contributed by atoms with Gasteiger partial charge in [-0.3, -0.25) is 4.79 Å². The van der Waals surface area contributed by atoms with Crippen LogP contribution in [0.1, 0.15) is 27.5 Å². The van der Waals surface area contributed by atoms with Crippen LogP contribution in [0.25, 0.3) is 21.5 Å². The molecule has 1 amide bonds. The summed E-state index contributed by atoms with van der Waals surface area (Å²) < 4.78 is 0. The predicted molar refractivity (Wildman–Crippen MR) is 125 cm³/mol. The van der Waals surface area contributed by atoms with E-state index in [1.165, 1.54) is 0 Å². The first-order chi connectivity index (χ1) is 15.2.